The maximum absolute atomic E-state index is 12.3. The van der Waals surface area contributed by atoms with Gasteiger partial charge in [0.15, 0.2) is 0 Å². The molecule has 5 heteroatoms. The number of piperidine rings is 1. The van der Waals surface area contributed by atoms with E-state index in [9.17, 15) is 4.79 Å². The molecule has 0 spiro atoms. The van der Waals surface area contributed by atoms with E-state index >= 15 is 0 Å². The highest BCUT2D eigenvalue weighted by atomic mass is 16.5. The van der Waals surface area contributed by atoms with Crippen LogP contribution in [-0.4, -0.2) is 49.8 Å². The highest BCUT2D eigenvalue weighted by Gasteiger charge is 2.36. The number of aryl methyl sites for hydroxylation is 2. The number of ether oxygens (including phenoxy) is 2. The summed E-state index contributed by atoms with van der Waals surface area (Å²) in [4.78, 5) is 14.5. The van der Waals surface area contributed by atoms with Gasteiger partial charge >= 0.3 is 0 Å². The third-order valence-corrected chi connectivity index (χ3v) is 5.72. The molecule has 0 bridgehead atoms. The van der Waals surface area contributed by atoms with Crippen molar-refractivity contribution in [2.45, 2.75) is 38.8 Å². The summed E-state index contributed by atoms with van der Waals surface area (Å²) >= 11 is 0. The summed E-state index contributed by atoms with van der Waals surface area (Å²) in [6.07, 6.45) is 1.70. The van der Waals surface area contributed by atoms with Gasteiger partial charge in [0.1, 0.15) is 18.0 Å². The summed E-state index contributed by atoms with van der Waals surface area (Å²) in [5.41, 5.74) is 3.19. The average molecular weight is 397 g/mol. The molecule has 29 heavy (non-hydrogen) atoms. The second-order valence-electron chi connectivity index (χ2n) is 7.98. The smallest absolute Gasteiger partial charge is 0.234 e. The van der Waals surface area contributed by atoms with Gasteiger partial charge in [-0.25, -0.2) is 0 Å². The minimum Gasteiger partial charge on any atom is -0.490 e. The van der Waals surface area contributed by atoms with Crippen LogP contribution in [0.4, 0.5) is 0 Å². The van der Waals surface area contributed by atoms with E-state index in [4.69, 9.17) is 9.47 Å². The molecule has 5 nitrogen and oxygen atoms in total. The van der Waals surface area contributed by atoms with E-state index in [0.29, 0.717) is 19.7 Å². The molecule has 0 saturated carbocycles. The SMILES string of the molecule is COC1(COc2ccc(C)cc2C)CCN(CC(=O)NCc2ccccc2)CC1. The molecule has 0 radical (unpaired) electrons. The second-order valence-corrected chi connectivity index (χ2v) is 7.98. The summed E-state index contributed by atoms with van der Waals surface area (Å²) in [6.45, 7) is 7.31. The predicted molar refractivity (Wildman–Crippen MR) is 115 cm³/mol. The van der Waals surface area contributed by atoms with Crippen molar-refractivity contribution in [3.05, 3.63) is 65.2 Å². The fourth-order valence-corrected chi connectivity index (χ4v) is 3.75. The Bertz CT molecular complexity index is 799. The maximum Gasteiger partial charge on any atom is 0.234 e. The molecule has 1 aliphatic rings. The lowest BCUT2D eigenvalue weighted by Crippen LogP contribution is -2.51. The lowest BCUT2D eigenvalue weighted by atomic mass is 9.92. The van der Waals surface area contributed by atoms with Gasteiger partial charge in [0.05, 0.1) is 6.54 Å². The van der Waals surface area contributed by atoms with Crippen LogP contribution in [-0.2, 0) is 16.1 Å². The number of likely N-dealkylation sites (tertiary alicyclic amines) is 1. The lowest BCUT2D eigenvalue weighted by Gasteiger charge is -2.40. The number of benzene rings is 2. The van der Waals surface area contributed by atoms with Crippen LogP contribution < -0.4 is 10.1 Å². The average Bonchev–Trinajstić information content (AvgIpc) is 2.74. The third-order valence-electron chi connectivity index (χ3n) is 5.72. The van der Waals surface area contributed by atoms with Crippen LogP contribution in [0.3, 0.4) is 0 Å². The van der Waals surface area contributed by atoms with Crippen molar-refractivity contribution < 1.29 is 14.3 Å². The molecule has 1 N–H and O–H groups in total. The van der Waals surface area contributed by atoms with Crippen LogP contribution >= 0.6 is 0 Å². The van der Waals surface area contributed by atoms with Crippen molar-refractivity contribution in [1.29, 1.82) is 0 Å². The molecular weight excluding hydrogens is 364 g/mol. The highest BCUT2D eigenvalue weighted by molar-refractivity contribution is 5.78. The van der Waals surface area contributed by atoms with Gasteiger partial charge in [-0.05, 0) is 43.9 Å². The quantitative estimate of drug-likeness (QED) is 0.742. The first kappa shape index (κ1) is 21.3. The molecule has 3 rings (SSSR count). The highest BCUT2D eigenvalue weighted by Crippen LogP contribution is 2.28. The lowest BCUT2D eigenvalue weighted by molar-refractivity contribution is -0.125. The Hall–Kier alpha value is -2.37. The van der Waals surface area contributed by atoms with Crippen LogP contribution in [0.15, 0.2) is 48.5 Å². The third kappa shape index (κ3) is 6.05. The summed E-state index contributed by atoms with van der Waals surface area (Å²) in [7, 11) is 1.76. The molecule has 1 fully saturated rings. The largest absolute Gasteiger partial charge is 0.490 e. The predicted octanol–water partition coefficient (Wildman–Crippen LogP) is 3.48. The van der Waals surface area contributed by atoms with Crippen molar-refractivity contribution in [2.24, 2.45) is 0 Å². The van der Waals surface area contributed by atoms with Crippen LogP contribution in [0.5, 0.6) is 5.75 Å². The second kappa shape index (κ2) is 9.90. The number of hydrogen-bond donors (Lipinski definition) is 1. The van der Waals surface area contributed by atoms with Crippen molar-refractivity contribution in [3.8, 4) is 5.75 Å². The van der Waals surface area contributed by atoms with Crippen LogP contribution in [0.2, 0.25) is 0 Å². The number of nitrogens with zero attached hydrogens (tertiary/aromatic N) is 1. The molecule has 1 saturated heterocycles. The van der Waals surface area contributed by atoms with E-state index in [2.05, 4.69) is 36.2 Å². The molecule has 1 heterocycles. The molecule has 0 unspecified atom stereocenters. The molecule has 156 valence electrons. The van der Waals surface area contributed by atoms with Crippen LogP contribution in [0, 0.1) is 13.8 Å². The van der Waals surface area contributed by atoms with E-state index in [1.165, 1.54) is 5.56 Å². The molecule has 0 aromatic heterocycles. The zero-order chi connectivity index (χ0) is 20.7. The monoisotopic (exact) mass is 396 g/mol. The van der Waals surface area contributed by atoms with E-state index in [1.54, 1.807) is 7.11 Å². The first-order valence-corrected chi connectivity index (χ1v) is 10.3. The van der Waals surface area contributed by atoms with Crippen LogP contribution in [0.1, 0.15) is 29.5 Å². The van der Waals surface area contributed by atoms with Crippen molar-refractivity contribution in [2.75, 3.05) is 33.4 Å². The fourth-order valence-electron chi connectivity index (χ4n) is 3.75. The molecule has 2 aromatic rings. The van der Waals surface area contributed by atoms with E-state index in [0.717, 1.165) is 42.8 Å². The molecule has 2 aromatic carbocycles. The number of carbonyl (C=O) groups excluding carboxylic acids is 1. The zero-order valence-electron chi connectivity index (χ0n) is 17.7. The van der Waals surface area contributed by atoms with E-state index < -0.39 is 0 Å². The number of methoxy groups -OCH3 is 1. The van der Waals surface area contributed by atoms with Crippen LogP contribution in [0.25, 0.3) is 0 Å². The van der Waals surface area contributed by atoms with Gasteiger partial charge in [0, 0.05) is 26.7 Å². The molecule has 1 amide bonds. The Morgan fingerprint density at radius 1 is 1.10 bits per heavy atom. The summed E-state index contributed by atoms with van der Waals surface area (Å²) in [5, 5.41) is 3.00. The Labute approximate surface area is 174 Å². The van der Waals surface area contributed by atoms with Gasteiger partial charge in [-0.2, -0.15) is 0 Å². The number of carbonyl (C=O) groups is 1. The Balaban J connectivity index is 1.45. The van der Waals surface area contributed by atoms with Crippen molar-refractivity contribution in [3.63, 3.8) is 0 Å². The van der Waals surface area contributed by atoms with Gasteiger partial charge in [0.2, 0.25) is 5.91 Å². The number of nitrogens with one attached hydrogen (secondary N) is 1. The maximum atomic E-state index is 12.3. The number of rotatable bonds is 8. The van der Waals surface area contributed by atoms with Gasteiger partial charge in [-0.1, -0.05) is 48.0 Å². The summed E-state index contributed by atoms with van der Waals surface area (Å²) < 4.78 is 12.0. The van der Waals surface area contributed by atoms with Gasteiger partial charge in [0.25, 0.3) is 0 Å². The standard InChI is InChI=1S/C24H32N2O3/c1-19-9-10-22(20(2)15-19)29-18-24(28-3)11-13-26(14-12-24)17-23(27)25-16-21-7-5-4-6-8-21/h4-10,15H,11-14,16-18H2,1-3H3,(H,25,27). The molecule has 0 atom stereocenters. The number of amides is 1. The van der Waals surface area contributed by atoms with Crippen molar-refractivity contribution >= 4 is 5.91 Å². The van der Waals surface area contributed by atoms with Crippen molar-refractivity contribution in [1.82, 2.24) is 10.2 Å². The topological polar surface area (TPSA) is 50.8 Å². The minimum atomic E-state index is -0.297. The summed E-state index contributed by atoms with van der Waals surface area (Å²) in [5.74, 6) is 0.972. The Morgan fingerprint density at radius 3 is 2.48 bits per heavy atom. The van der Waals surface area contributed by atoms with Gasteiger partial charge in [-0.3, -0.25) is 9.69 Å². The Kier molecular flexibility index (Phi) is 7.29. The minimum absolute atomic E-state index is 0.0605. The molecular formula is C24H32N2O3. The normalized spacial score (nSPS) is 16.4. The number of hydrogen-bond acceptors (Lipinski definition) is 4. The molecule has 0 aliphatic carbocycles. The Morgan fingerprint density at radius 2 is 1.83 bits per heavy atom. The van der Waals surface area contributed by atoms with E-state index in [1.807, 2.05) is 36.4 Å². The van der Waals surface area contributed by atoms with Gasteiger partial charge in [-0.15, -0.1) is 0 Å². The van der Waals surface area contributed by atoms with E-state index in [-0.39, 0.29) is 11.5 Å². The molecule has 1 aliphatic heterocycles. The summed E-state index contributed by atoms with van der Waals surface area (Å²) in [6, 6.07) is 16.2. The zero-order valence-corrected chi connectivity index (χ0v) is 17.7. The van der Waals surface area contributed by atoms with Gasteiger partial charge < -0.3 is 14.8 Å². The first-order valence-electron chi connectivity index (χ1n) is 10.3. The first-order chi connectivity index (χ1) is 14.0. The fraction of sp³-hybridized carbons (Fsp3) is 0.458.